The lowest BCUT2D eigenvalue weighted by Gasteiger charge is -2.10. The van der Waals surface area contributed by atoms with E-state index >= 15 is 0 Å². The summed E-state index contributed by atoms with van der Waals surface area (Å²) in [7, 11) is 0. The van der Waals surface area contributed by atoms with Crippen LogP contribution in [0.25, 0.3) is 0 Å². The highest BCUT2D eigenvalue weighted by Gasteiger charge is 2.07. The highest BCUT2D eigenvalue weighted by Crippen LogP contribution is 2.17. The Kier molecular flexibility index (Phi) is 6.78. The topological polar surface area (TPSA) is 67.4 Å². The number of rotatable bonds is 7. The summed E-state index contributed by atoms with van der Waals surface area (Å²) in [6.07, 6.45) is 0.480. The summed E-state index contributed by atoms with van der Waals surface area (Å²) in [6.45, 7) is 7.97. The van der Waals surface area contributed by atoms with E-state index in [2.05, 4.69) is 10.6 Å². The third-order valence-corrected chi connectivity index (χ3v) is 3.89. The van der Waals surface area contributed by atoms with Gasteiger partial charge in [-0.1, -0.05) is 19.9 Å². The third kappa shape index (κ3) is 6.24. The van der Waals surface area contributed by atoms with Crippen LogP contribution < -0.4 is 15.4 Å². The maximum atomic E-state index is 12.0. The Hall–Kier alpha value is -2.82. The van der Waals surface area contributed by atoms with Gasteiger partial charge in [-0.3, -0.25) is 9.59 Å². The first-order chi connectivity index (χ1) is 12.3. The molecular weight excluding hydrogens is 328 g/mol. The van der Waals surface area contributed by atoms with E-state index < -0.39 is 0 Å². The maximum Gasteiger partial charge on any atom is 0.262 e. The lowest BCUT2D eigenvalue weighted by Crippen LogP contribution is -2.20. The first-order valence-corrected chi connectivity index (χ1v) is 8.73. The van der Waals surface area contributed by atoms with Crippen LogP contribution in [0.2, 0.25) is 0 Å². The van der Waals surface area contributed by atoms with Gasteiger partial charge in [0.05, 0.1) is 0 Å². The maximum absolute atomic E-state index is 12.0. The van der Waals surface area contributed by atoms with E-state index in [0.717, 1.165) is 5.56 Å². The predicted octanol–water partition coefficient (Wildman–Crippen LogP) is 4.31. The van der Waals surface area contributed by atoms with E-state index in [0.29, 0.717) is 29.5 Å². The van der Waals surface area contributed by atoms with Gasteiger partial charge in [0.15, 0.2) is 6.61 Å². The molecule has 0 fully saturated rings. The zero-order valence-corrected chi connectivity index (χ0v) is 15.8. The van der Waals surface area contributed by atoms with Crippen LogP contribution in [-0.4, -0.2) is 18.4 Å². The quantitative estimate of drug-likeness (QED) is 0.779. The second-order valence-corrected chi connectivity index (χ2v) is 6.81. The molecule has 0 aliphatic heterocycles. The fourth-order valence-corrected chi connectivity index (χ4v) is 2.37. The summed E-state index contributed by atoms with van der Waals surface area (Å²) < 4.78 is 5.52. The van der Waals surface area contributed by atoms with Crippen molar-refractivity contribution < 1.29 is 14.3 Å². The van der Waals surface area contributed by atoms with Crippen LogP contribution in [-0.2, 0) is 9.59 Å². The monoisotopic (exact) mass is 354 g/mol. The lowest BCUT2D eigenvalue weighted by atomic mass is 10.1. The zero-order chi connectivity index (χ0) is 19.1. The molecule has 0 aliphatic rings. The van der Waals surface area contributed by atoms with Gasteiger partial charge in [0.2, 0.25) is 5.91 Å². The van der Waals surface area contributed by atoms with Gasteiger partial charge in [0.25, 0.3) is 5.91 Å². The van der Waals surface area contributed by atoms with Crippen molar-refractivity contribution in [2.75, 3.05) is 17.2 Å². The van der Waals surface area contributed by atoms with E-state index in [4.69, 9.17) is 4.74 Å². The average molecular weight is 354 g/mol. The molecule has 138 valence electrons. The number of hydrogen-bond acceptors (Lipinski definition) is 3. The molecule has 0 radical (unpaired) electrons. The van der Waals surface area contributed by atoms with Crippen LogP contribution in [0.5, 0.6) is 5.75 Å². The standard InChI is InChI=1S/C21H26N2O3/c1-14(2)11-20(24)22-17-6-8-18(9-7-17)23-21(25)13-26-19-10-5-15(3)16(4)12-19/h5-10,12,14H,11,13H2,1-4H3,(H,22,24)(H,23,25). The van der Waals surface area contributed by atoms with E-state index in [1.807, 2.05) is 45.9 Å². The van der Waals surface area contributed by atoms with Crippen molar-refractivity contribution in [3.8, 4) is 5.75 Å². The van der Waals surface area contributed by atoms with Gasteiger partial charge in [-0.2, -0.15) is 0 Å². The van der Waals surface area contributed by atoms with Gasteiger partial charge < -0.3 is 15.4 Å². The molecular formula is C21H26N2O3. The van der Waals surface area contributed by atoms with Crippen molar-refractivity contribution >= 4 is 23.2 Å². The number of hydrogen-bond donors (Lipinski definition) is 2. The minimum atomic E-state index is -0.236. The normalized spacial score (nSPS) is 10.5. The van der Waals surface area contributed by atoms with Crippen LogP contribution in [0.4, 0.5) is 11.4 Å². The van der Waals surface area contributed by atoms with Crippen LogP contribution >= 0.6 is 0 Å². The Morgan fingerprint density at radius 2 is 1.46 bits per heavy atom. The molecule has 5 nitrogen and oxygen atoms in total. The van der Waals surface area contributed by atoms with E-state index in [1.165, 1.54) is 5.56 Å². The Balaban J connectivity index is 1.83. The Morgan fingerprint density at radius 1 is 0.885 bits per heavy atom. The van der Waals surface area contributed by atoms with Crippen molar-refractivity contribution in [2.45, 2.75) is 34.1 Å². The molecule has 0 saturated carbocycles. The van der Waals surface area contributed by atoms with Crippen molar-refractivity contribution in [2.24, 2.45) is 5.92 Å². The highest BCUT2D eigenvalue weighted by atomic mass is 16.5. The number of anilines is 2. The van der Waals surface area contributed by atoms with Crippen molar-refractivity contribution in [1.29, 1.82) is 0 Å². The van der Waals surface area contributed by atoms with Gasteiger partial charge in [0, 0.05) is 17.8 Å². The number of carbonyl (C=O) groups is 2. The number of aryl methyl sites for hydroxylation is 2. The minimum absolute atomic E-state index is 0.0152. The summed E-state index contributed by atoms with van der Waals surface area (Å²) in [6, 6.07) is 12.8. The van der Waals surface area contributed by atoms with E-state index in [-0.39, 0.29) is 18.4 Å². The van der Waals surface area contributed by atoms with Crippen LogP contribution in [0.1, 0.15) is 31.4 Å². The summed E-state index contributed by atoms with van der Waals surface area (Å²) in [5.74, 6) is 0.732. The summed E-state index contributed by atoms with van der Waals surface area (Å²) in [4.78, 5) is 23.8. The molecule has 0 heterocycles. The molecule has 2 aromatic carbocycles. The fourth-order valence-electron chi connectivity index (χ4n) is 2.37. The molecule has 2 rings (SSSR count). The number of amides is 2. The molecule has 0 unspecified atom stereocenters. The summed E-state index contributed by atoms with van der Waals surface area (Å²) in [5, 5.41) is 5.61. The van der Waals surface area contributed by atoms with Crippen LogP contribution in [0, 0.1) is 19.8 Å². The predicted molar refractivity (Wildman–Crippen MR) is 105 cm³/mol. The number of carbonyl (C=O) groups excluding carboxylic acids is 2. The van der Waals surface area contributed by atoms with Gasteiger partial charge in [-0.15, -0.1) is 0 Å². The first kappa shape index (κ1) is 19.5. The molecule has 0 saturated heterocycles. The Morgan fingerprint density at radius 3 is 2.00 bits per heavy atom. The van der Waals surface area contributed by atoms with Gasteiger partial charge in [-0.25, -0.2) is 0 Å². The lowest BCUT2D eigenvalue weighted by molar-refractivity contribution is -0.118. The zero-order valence-electron chi connectivity index (χ0n) is 15.8. The second-order valence-electron chi connectivity index (χ2n) is 6.81. The minimum Gasteiger partial charge on any atom is -0.484 e. The third-order valence-electron chi connectivity index (χ3n) is 3.89. The molecule has 5 heteroatoms. The van der Waals surface area contributed by atoms with Crippen molar-refractivity contribution in [3.63, 3.8) is 0 Å². The summed E-state index contributed by atoms with van der Waals surface area (Å²) in [5.41, 5.74) is 3.67. The fraction of sp³-hybridized carbons (Fsp3) is 0.333. The molecule has 2 aromatic rings. The molecule has 0 bridgehead atoms. The Bertz CT molecular complexity index is 767. The van der Waals surface area contributed by atoms with Crippen LogP contribution in [0.3, 0.4) is 0 Å². The van der Waals surface area contributed by atoms with Crippen molar-refractivity contribution in [3.05, 3.63) is 53.6 Å². The Labute approximate surface area is 154 Å². The largest absolute Gasteiger partial charge is 0.484 e. The number of ether oxygens (including phenoxy) is 1. The van der Waals surface area contributed by atoms with Gasteiger partial charge in [0.1, 0.15) is 5.75 Å². The molecule has 0 aliphatic carbocycles. The molecule has 0 aromatic heterocycles. The summed E-state index contributed by atoms with van der Waals surface area (Å²) >= 11 is 0. The number of benzene rings is 2. The van der Waals surface area contributed by atoms with Gasteiger partial charge in [-0.05, 0) is 67.3 Å². The highest BCUT2D eigenvalue weighted by molar-refractivity contribution is 5.93. The van der Waals surface area contributed by atoms with Crippen LogP contribution in [0.15, 0.2) is 42.5 Å². The molecule has 2 N–H and O–H groups in total. The second kappa shape index (κ2) is 9.04. The SMILES string of the molecule is Cc1ccc(OCC(=O)Nc2ccc(NC(=O)CC(C)C)cc2)cc1C. The molecule has 0 spiro atoms. The average Bonchev–Trinajstić information content (AvgIpc) is 2.57. The molecule has 2 amide bonds. The van der Waals surface area contributed by atoms with E-state index in [9.17, 15) is 9.59 Å². The van der Waals surface area contributed by atoms with E-state index in [1.54, 1.807) is 24.3 Å². The first-order valence-electron chi connectivity index (χ1n) is 8.73. The molecule has 0 atom stereocenters. The molecule has 26 heavy (non-hydrogen) atoms. The number of nitrogens with one attached hydrogen (secondary N) is 2. The van der Waals surface area contributed by atoms with Gasteiger partial charge >= 0.3 is 0 Å². The smallest absolute Gasteiger partial charge is 0.262 e. The van der Waals surface area contributed by atoms with Crippen molar-refractivity contribution in [1.82, 2.24) is 0 Å².